The number of carbonyl (C=O) groups is 2. The van der Waals surface area contributed by atoms with Gasteiger partial charge in [0.25, 0.3) is 5.91 Å². The molecule has 0 aromatic carbocycles. The number of amides is 1. The molecule has 1 fully saturated rings. The van der Waals surface area contributed by atoms with Gasteiger partial charge in [-0.05, 0) is 51.0 Å². The molecule has 7 heteroatoms. The van der Waals surface area contributed by atoms with Gasteiger partial charge in [0.1, 0.15) is 0 Å². The van der Waals surface area contributed by atoms with Crippen LogP contribution < -0.4 is 5.32 Å². The van der Waals surface area contributed by atoms with Crippen LogP contribution in [0.2, 0.25) is 0 Å². The lowest BCUT2D eigenvalue weighted by atomic mass is 9.63. The summed E-state index contributed by atoms with van der Waals surface area (Å²) < 4.78 is 4.47. The van der Waals surface area contributed by atoms with Gasteiger partial charge in [0.2, 0.25) is 0 Å². The first-order valence-electron chi connectivity index (χ1n) is 11.4. The molecule has 0 radical (unpaired) electrons. The van der Waals surface area contributed by atoms with E-state index in [1.165, 1.54) is 13.2 Å². The molecule has 0 aromatic heterocycles. The second-order valence-electron chi connectivity index (χ2n) is 9.78. The van der Waals surface area contributed by atoms with Crippen molar-refractivity contribution in [1.82, 2.24) is 5.32 Å². The zero-order valence-corrected chi connectivity index (χ0v) is 20.0. The van der Waals surface area contributed by atoms with Gasteiger partial charge >= 0.3 is 5.97 Å². The lowest BCUT2D eigenvalue weighted by molar-refractivity contribution is -0.143. The Morgan fingerprint density at radius 3 is 2.59 bits per heavy atom. The van der Waals surface area contributed by atoms with Gasteiger partial charge in [-0.25, -0.2) is 4.79 Å². The van der Waals surface area contributed by atoms with Crippen molar-refractivity contribution < 1.29 is 29.6 Å². The Morgan fingerprint density at radius 2 is 2.00 bits per heavy atom. The van der Waals surface area contributed by atoms with E-state index in [0.29, 0.717) is 12.3 Å². The molecule has 1 aliphatic heterocycles. The number of carbonyl (C=O) groups excluding carboxylic acids is 2. The minimum atomic E-state index is -1.50. The molecule has 7 nitrogen and oxygen atoms in total. The maximum Gasteiger partial charge on any atom is 0.330 e. The van der Waals surface area contributed by atoms with Crippen molar-refractivity contribution >= 4 is 11.9 Å². The van der Waals surface area contributed by atoms with E-state index in [-0.39, 0.29) is 30.2 Å². The molecule has 1 aliphatic carbocycles. The molecule has 7 unspecified atom stereocenters. The Labute approximate surface area is 191 Å². The standard InChI is InChI=1S/C25H39NO6/c1-14(2)11-19-23-17(5)16(4)13-18(25(23,31)24(30)26-19)12-15(3)7-8-20(27)21(28)9-10-22(29)32-6/h9-10,12-14,17-21,23,27-28,31H,7-8,11H2,1-6H3,(H,26,30). The second kappa shape index (κ2) is 10.8. The van der Waals surface area contributed by atoms with Gasteiger partial charge in [-0.1, -0.05) is 44.1 Å². The maximum absolute atomic E-state index is 12.9. The van der Waals surface area contributed by atoms with E-state index in [4.69, 9.17) is 0 Å². The molecular formula is C25H39NO6. The van der Waals surface area contributed by atoms with Crippen molar-refractivity contribution in [2.45, 2.75) is 77.7 Å². The van der Waals surface area contributed by atoms with Crippen LogP contribution in [0.4, 0.5) is 0 Å². The molecule has 180 valence electrons. The number of hydrogen-bond acceptors (Lipinski definition) is 6. The van der Waals surface area contributed by atoms with E-state index in [2.05, 4.69) is 30.8 Å². The summed E-state index contributed by atoms with van der Waals surface area (Å²) in [5.41, 5.74) is 0.563. The third kappa shape index (κ3) is 5.69. The van der Waals surface area contributed by atoms with Crippen molar-refractivity contribution in [3.8, 4) is 0 Å². The fourth-order valence-corrected chi connectivity index (χ4v) is 4.98. The predicted molar refractivity (Wildman–Crippen MR) is 122 cm³/mol. The number of esters is 1. The first-order valence-corrected chi connectivity index (χ1v) is 11.4. The SMILES string of the molecule is COC(=O)C=CC(O)C(O)CCC(C)=CC1C=C(C)C(C)C2C(CC(C)C)NC(=O)C12O. The summed E-state index contributed by atoms with van der Waals surface area (Å²) in [7, 11) is 1.24. The van der Waals surface area contributed by atoms with Gasteiger partial charge in [0.05, 0.1) is 19.3 Å². The van der Waals surface area contributed by atoms with Gasteiger partial charge in [-0.15, -0.1) is 0 Å². The molecule has 1 saturated heterocycles. The van der Waals surface area contributed by atoms with Crippen LogP contribution >= 0.6 is 0 Å². The first kappa shape index (κ1) is 26.3. The molecule has 2 rings (SSSR count). The highest BCUT2D eigenvalue weighted by Crippen LogP contribution is 2.48. The third-order valence-electron chi connectivity index (χ3n) is 6.88. The van der Waals surface area contributed by atoms with Crippen LogP contribution in [-0.4, -0.2) is 58.2 Å². The molecule has 0 saturated carbocycles. The van der Waals surface area contributed by atoms with Crippen molar-refractivity contribution in [3.63, 3.8) is 0 Å². The number of rotatable bonds is 9. The second-order valence-corrected chi connectivity index (χ2v) is 9.78. The number of fused-ring (bicyclic) bond motifs is 1. The zero-order chi connectivity index (χ0) is 24.2. The summed E-state index contributed by atoms with van der Waals surface area (Å²) in [4.78, 5) is 24.1. The van der Waals surface area contributed by atoms with Crippen molar-refractivity contribution in [1.29, 1.82) is 0 Å². The molecule has 0 spiro atoms. The highest BCUT2D eigenvalue weighted by Gasteiger charge is 2.60. The van der Waals surface area contributed by atoms with Crippen LogP contribution in [0.5, 0.6) is 0 Å². The molecule has 4 N–H and O–H groups in total. The maximum atomic E-state index is 12.9. The smallest absolute Gasteiger partial charge is 0.330 e. The summed E-state index contributed by atoms with van der Waals surface area (Å²) in [5.74, 6) is -1.09. The topological polar surface area (TPSA) is 116 Å². The Kier molecular flexibility index (Phi) is 8.85. The van der Waals surface area contributed by atoms with Gasteiger partial charge in [0.15, 0.2) is 5.60 Å². The number of aliphatic hydroxyl groups excluding tert-OH is 2. The molecule has 1 heterocycles. The Balaban J connectivity index is 2.15. The lowest BCUT2D eigenvalue weighted by Gasteiger charge is -2.42. The minimum absolute atomic E-state index is 0.0686. The van der Waals surface area contributed by atoms with Crippen molar-refractivity contribution in [2.75, 3.05) is 7.11 Å². The number of nitrogens with one attached hydrogen (secondary N) is 1. The van der Waals surface area contributed by atoms with E-state index in [1.807, 2.05) is 26.0 Å². The van der Waals surface area contributed by atoms with Gasteiger partial charge in [0, 0.05) is 24.0 Å². The fourth-order valence-electron chi connectivity index (χ4n) is 4.98. The van der Waals surface area contributed by atoms with Crippen LogP contribution in [0.3, 0.4) is 0 Å². The molecule has 1 amide bonds. The highest BCUT2D eigenvalue weighted by molar-refractivity contribution is 5.90. The van der Waals surface area contributed by atoms with E-state index in [0.717, 1.165) is 23.6 Å². The van der Waals surface area contributed by atoms with Crippen molar-refractivity contribution in [3.05, 3.63) is 35.5 Å². The fraction of sp³-hybridized carbons (Fsp3) is 0.680. The Bertz CT molecular complexity index is 785. The monoisotopic (exact) mass is 449 g/mol. The lowest BCUT2D eigenvalue weighted by Crippen LogP contribution is -2.53. The van der Waals surface area contributed by atoms with Crippen LogP contribution in [0.15, 0.2) is 35.5 Å². The molecule has 0 aromatic rings. The summed E-state index contributed by atoms with van der Waals surface area (Å²) in [6.45, 7) is 10.2. The predicted octanol–water partition coefficient (Wildman–Crippen LogP) is 2.27. The van der Waals surface area contributed by atoms with Gasteiger partial charge < -0.3 is 25.4 Å². The molecule has 32 heavy (non-hydrogen) atoms. The van der Waals surface area contributed by atoms with Gasteiger partial charge in [-0.3, -0.25) is 4.79 Å². The summed E-state index contributed by atoms with van der Waals surface area (Å²) in [6.07, 6.45) is 5.48. The largest absolute Gasteiger partial charge is 0.466 e. The average molecular weight is 450 g/mol. The minimum Gasteiger partial charge on any atom is -0.466 e. The quantitative estimate of drug-likeness (QED) is 0.244. The third-order valence-corrected chi connectivity index (χ3v) is 6.88. The summed E-state index contributed by atoms with van der Waals surface area (Å²) >= 11 is 0. The molecule has 2 aliphatic rings. The number of ether oxygens (including phenoxy) is 1. The zero-order valence-electron chi connectivity index (χ0n) is 20.0. The Hall–Kier alpha value is -1.96. The first-order chi connectivity index (χ1) is 14.9. The van der Waals surface area contributed by atoms with Crippen LogP contribution in [0.25, 0.3) is 0 Å². The molecule has 0 bridgehead atoms. The number of aliphatic hydroxyl groups is 3. The molecule has 7 atom stereocenters. The van der Waals surface area contributed by atoms with Crippen LogP contribution in [0, 0.1) is 23.7 Å². The van der Waals surface area contributed by atoms with Gasteiger partial charge in [-0.2, -0.15) is 0 Å². The van der Waals surface area contributed by atoms with E-state index < -0.39 is 29.7 Å². The number of methoxy groups -OCH3 is 1. The number of allylic oxidation sites excluding steroid dienone is 2. The van der Waals surface area contributed by atoms with Crippen LogP contribution in [-0.2, 0) is 14.3 Å². The summed E-state index contributed by atoms with van der Waals surface area (Å²) in [5, 5.41) is 34.9. The normalized spacial score (nSPS) is 32.5. The highest BCUT2D eigenvalue weighted by atomic mass is 16.5. The van der Waals surface area contributed by atoms with E-state index >= 15 is 0 Å². The Morgan fingerprint density at radius 1 is 1.34 bits per heavy atom. The van der Waals surface area contributed by atoms with E-state index in [1.54, 1.807) is 0 Å². The van der Waals surface area contributed by atoms with Crippen molar-refractivity contribution in [2.24, 2.45) is 23.7 Å². The van der Waals surface area contributed by atoms with Crippen LogP contribution in [0.1, 0.15) is 53.9 Å². The average Bonchev–Trinajstić information content (AvgIpc) is 2.98. The summed E-state index contributed by atoms with van der Waals surface area (Å²) in [6, 6.07) is -0.0686. The molecular weight excluding hydrogens is 410 g/mol. The van der Waals surface area contributed by atoms with E-state index in [9.17, 15) is 24.9 Å². The number of hydrogen-bond donors (Lipinski definition) is 4.